The summed E-state index contributed by atoms with van der Waals surface area (Å²) in [5, 5.41) is 0. The molecule has 1 fully saturated rings. The van der Waals surface area contributed by atoms with Crippen LogP contribution in [-0.2, 0) is 4.79 Å². The van der Waals surface area contributed by atoms with Gasteiger partial charge in [-0.1, -0.05) is 18.2 Å². The van der Waals surface area contributed by atoms with Gasteiger partial charge in [-0.15, -0.1) is 0 Å². The first-order valence-corrected chi connectivity index (χ1v) is 7.61. The zero-order valence-electron chi connectivity index (χ0n) is 12.7. The molecule has 0 saturated carbocycles. The molecule has 6 heteroatoms. The van der Waals surface area contributed by atoms with Crippen LogP contribution in [0.4, 0.5) is 10.2 Å². The molecule has 1 unspecified atom stereocenters. The second-order valence-corrected chi connectivity index (χ2v) is 5.53. The highest BCUT2D eigenvalue weighted by Gasteiger charge is 2.26. The van der Waals surface area contributed by atoms with E-state index >= 15 is 0 Å². The van der Waals surface area contributed by atoms with E-state index in [0.29, 0.717) is 18.7 Å². The van der Waals surface area contributed by atoms with Crippen LogP contribution in [0.25, 0.3) is 0 Å². The van der Waals surface area contributed by atoms with Gasteiger partial charge in [0.1, 0.15) is 17.7 Å². The lowest BCUT2D eigenvalue weighted by Gasteiger charge is -2.36. The summed E-state index contributed by atoms with van der Waals surface area (Å²) in [5.74, 6) is 0.456. The molecule has 120 valence electrons. The van der Waals surface area contributed by atoms with E-state index in [1.165, 1.54) is 12.1 Å². The molecule has 0 spiro atoms. The molecule has 1 amide bonds. The number of aromatic nitrogens is 1. The first-order valence-electron chi connectivity index (χ1n) is 7.61. The van der Waals surface area contributed by atoms with Crippen molar-refractivity contribution in [3.8, 4) is 0 Å². The Morgan fingerprint density at radius 2 is 1.78 bits per heavy atom. The molecule has 2 N–H and O–H groups in total. The molecule has 0 radical (unpaired) electrons. The summed E-state index contributed by atoms with van der Waals surface area (Å²) in [5.41, 5.74) is 6.65. The number of pyridine rings is 1. The van der Waals surface area contributed by atoms with Crippen LogP contribution in [0.15, 0.2) is 48.7 Å². The van der Waals surface area contributed by atoms with Gasteiger partial charge in [-0.3, -0.25) is 4.79 Å². The molecule has 3 rings (SSSR count). The number of hydrogen-bond donors (Lipinski definition) is 1. The summed E-state index contributed by atoms with van der Waals surface area (Å²) in [7, 11) is 0. The second kappa shape index (κ2) is 6.75. The predicted molar refractivity (Wildman–Crippen MR) is 86.4 cm³/mol. The van der Waals surface area contributed by atoms with Crippen LogP contribution in [0.5, 0.6) is 0 Å². The minimum absolute atomic E-state index is 0.128. The zero-order chi connectivity index (χ0) is 16.2. The average molecular weight is 314 g/mol. The molecule has 1 aliphatic rings. The van der Waals surface area contributed by atoms with E-state index in [1.54, 1.807) is 23.2 Å². The molecular formula is C17H19FN4O. The Hall–Kier alpha value is -2.47. The SMILES string of the molecule is NC(C(=O)N1CCN(c2ccccn2)CC1)c1ccc(F)cc1. The van der Waals surface area contributed by atoms with E-state index in [-0.39, 0.29) is 11.7 Å². The first-order chi connectivity index (χ1) is 11.1. The lowest BCUT2D eigenvalue weighted by molar-refractivity contribution is -0.133. The van der Waals surface area contributed by atoms with Crippen molar-refractivity contribution in [3.63, 3.8) is 0 Å². The van der Waals surface area contributed by atoms with Crippen LogP contribution in [0.1, 0.15) is 11.6 Å². The highest BCUT2D eigenvalue weighted by atomic mass is 19.1. The molecule has 5 nitrogen and oxygen atoms in total. The minimum atomic E-state index is -0.753. The number of piperazine rings is 1. The molecule has 23 heavy (non-hydrogen) atoms. The van der Waals surface area contributed by atoms with Crippen LogP contribution >= 0.6 is 0 Å². The topological polar surface area (TPSA) is 62.5 Å². The van der Waals surface area contributed by atoms with Gasteiger partial charge in [0.15, 0.2) is 0 Å². The van der Waals surface area contributed by atoms with Crippen molar-refractivity contribution in [3.05, 3.63) is 60.0 Å². The van der Waals surface area contributed by atoms with Gasteiger partial charge in [-0.25, -0.2) is 9.37 Å². The van der Waals surface area contributed by atoms with Crippen molar-refractivity contribution in [2.75, 3.05) is 31.1 Å². The summed E-state index contributed by atoms with van der Waals surface area (Å²) in [6.45, 7) is 2.65. The van der Waals surface area contributed by atoms with Gasteiger partial charge >= 0.3 is 0 Å². The van der Waals surface area contributed by atoms with Gasteiger partial charge in [-0.05, 0) is 29.8 Å². The fourth-order valence-corrected chi connectivity index (χ4v) is 2.71. The van der Waals surface area contributed by atoms with Gasteiger partial charge < -0.3 is 15.5 Å². The maximum Gasteiger partial charge on any atom is 0.244 e. The fourth-order valence-electron chi connectivity index (χ4n) is 2.71. The molecule has 2 aromatic rings. The largest absolute Gasteiger partial charge is 0.353 e. The molecule has 1 aliphatic heterocycles. The van der Waals surface area contributed by atoms with Crippen LogP contribution in [0.2, 0.25) is 0 Å². The molecule has 1 saturated heterocycles. The lowest BCUT2D eigenvalue weighted by atomic mass is 10.1. The Kier molecular flexibility index (Phi) is 4.52. The number of anilines is 1. The van der Waals surface area contributed by atoms with Gasteiger partial charge in [0, 0.05) is 32.4 Å². The van der Waals surface area contributed by atoms with Gasteiger partial charge in [0.25, 0.3) is 0 Å². The predicted octanol–water partition coefficient (Wildman–Crippen LogP) is 1.57. The Balaban J connectivity index is 1.60. The summed E-state index contributed by atoms with van der Waals surface area (Å²) < 4.78 is 13.0. The quantitative estimate of drug-likeness (QED) is 0.934. The van der Waals surface area contributed by atoms with Crippen molar-refractivity contribution in [1.29, 1.82) is 0 Å². The first kappa shape index (κ1) is 15.4. The van der Waals surface area contributed by atoms with Crippen LogP contribution in [0, 0.1) is 5.82 Å². The van der Waals surface area contributed by atoms with E-state index in [1.807, 2.05) is 18.2 Å². The number of nitrogens with zero attached hydrogens (tertiary/aromatic N) is 3. The number of carbonyl (C=O) groups excluding carboxylic acids is 1. The summed E-state index contributed by atoms with van der Waals surface area (Å²) in [6, 6.07) is 10.8. The zero-order valence-corrected chi connectivity index (χ0v) is 12.7. The van der Waals surface area contributed by atoms with Crippen LogP contribution < -0.4 is 10.6 Å². The van der Waals surface area contributed by atoms with Gasteiger partial charge in [0.2, 0.25) is 5.91 Å². The number of carbonyl (C=O) groups is 1. The summed E-state index contributed by atoms with van der Waals surface area (Å²) in [4.78, 5) is 20.7. The maximum absolute atomic E-state index is 13.0. The minimum Gasteiger partial charge on any atom is -0.353 e. The summed E-state index contributed by atoms with van der Waals surface area (Å²) >= 11 is 0. The molecule has 1 aromatic heterocycles. The molecular weight excluding hydrogens is 295 g/mol. The third-order valence-electron chi connectivity index (χ3n) is 4.06. The molecule has 1 aromatic carbocycles. The highest BCUT2D eigenvalue weighted by molar-refractivity contribution is 5.83. The Morgan fingerprint density at radius 1 is 1.09 bits per heavy atom. The molecule has 2 heterocycles. The van der Waals surface area contributed by atoms with E-state index < -0.39 is 6.04 Å². The normalized spacial score (nSPS) is 16.3. The fraction of sp³-hybridized carbons (Fsp3) is 0.294. The Bertz CT molecular complexity index is 654. The van der Waals surface area contributed by atoms with Crippen LogP contribution in [0.3, 0.4) is 0 Å². The van der Waals surface area contributed by atoms with E-state index in [4.69, 9.17) is 5.73 Å². The number of halogens is 1. The third kappa shape index (κ3) is 3.48. The molecule has 0 bridgehead atoms. The smallest absolute Gasteiger partial charge is 0.244 e. The van der Waals surface area contributed by atoms with Crippen molar-refractivity contribution in [2.24, 2.45) is 5.73 Å². The Labute approximate surface area is 134 Å². The summed E-state index contributed by atoms with van der Waals surface area (Å²) in [6.07, 6.45) is 1.76. The highest BCUT2D eigenvalue weighted by Crippen LogP contribution is 2.17. The van der Waals surface area contributed by atoms with Gasteiger partial charge in [0.05, 0.1) is 0 Å². The lowest BCUT2D eigenvalue weighted by Crippen LogP contribution is -2.51. The molecule has 0 aliphatic carbocycles. The number of benzene rings is 1. The van der Waals surface area contributed by atoms with Crippen molar-refractivity contribution < 1.29 is 9.18 Å². The maximum atomic E-state index is 13.0. The van der Waals surface area contributed by atoms with Crippen molar-refractivity contribution >= 4 is 11.7 Å². The van der Waals surface area contributed by atoms with E-state index in [0.717, 1.165) is 18.9 Å². The van der Waals surface area contributed by atoms with Gasteiger partial charge in [-0.2, -0.15) is 0 Å². The second-order valence-electron chi connectivity index (χ2n) is 5.53. The standard InChI is InChI=1S/C17H19FN4O/c18-14-6-4-13(5-7-14)16(19)17(23)22-11-9-21(10-12-22)15-3-1-2-8-20-15/h1-8,16H,9-12,19H2. The number of rotatable bonds is 3. The number of hydrogen-bond acceptors (Lipinski definition) is 4. The van der Waals surface area contributed by atoms with E-state index in [9.17, 15) is 9.18 Å². The number of nitrogens with two attached hydrogens (primary N) is 1. The Morgan fingerprint density at radius 3 is 2.39 bits per heavy atom. The number of amides is 1. The van der Waals surface area contributed by atoms with Crippen molar-refractivity contribution in [1.82, 2.24) is 9.88 Å². The van der Waals surface area contributed by atoms with Crippen LogP contribution in [-0.4, -0.2) is 42.0 Å². The third-order valence-corrected chi connectivity index (χ3v) is 4.06. The monoisotopic (exact) mass is 314 g/mol. The van der Waals surface area contributed by atoms with Crippen molar-refractivity contribution in [2.45, 2.75) is 6.04 Å². The molecule has 1 atom stereocenters. The average Bonchev–Trinajstić information content (AvgIpc) is 2.62. The van der Waals surface area contributed by atoms with E-state index in [2.05, 4.69) is 9.88 Å².